The van der Waals surface area contributed by atoms with Crippen LogP contribution in [0.2, 0.25) is 0 Å². The zero-order valence-corrected chi connectivity index (χ0v) is 15.7. The highest BCUT2D eigenvalue weighted by molar-refractivity contribution is 5.29. The van der Waals surface area contributed by atoms with Gasteiger partial charge >= 0.3 is 0 Å². The Bertz CT molecular complexity index is 930. The second-order valence-electron chi connectivity index (χ2n) is 6.87. The Kier molecular flexibility index (Phi) is 5.07. The molecule has 1 atom stereocenters. The van der Waals surface area contributed by atoms with Crippen molar-refractivity contribution < 1.29 is 4.74 Å². The van der Waals surface area contributed by atoms with Gasteiger partial charge < -0.3 is 4.74 Å². The number of aryl methyl sites for hydroxylation is 2. The van der Waals surface area contributed by atoms with Gasteiger partial charge in [0.2, 0.25) is 5.88 Å². The summed E-state index contributed by atoms with van der Waals surface area (Å²) in [6.07, 6.45) is 7.45. The second kappa shape index (κ2) is 7.80. The van der Waals surface area contributed by atoms with Crippen molar-refractivity contribution >= 4 is 0 Å². The van der Waals surface area contributed by atoms with Gasteiger partial charge in [-0.25, -0.2) is 4.98 Å². The van der Waals surface area contributed by atoms with E-state index < -0.39 is 0 Å². The van der Waals surface area contributed by atoms with Crippen LogP contribution in [0.25, 0.3) is 0 Å². The fourth-order valence-electron chi connectivity index (χ4n) is 3.51. The van der Waals surface area contributed by atoms with Crippen LogP contribution in [0.15, 0.2) is 48.9 Å². The van der Waals surface area contributed by atoms with Crippen molar-refractivity contribution in [1.29, 1.82) is 0 Å². The summed E-state index contributed by atoms with van der Waals surface area (Å²) in [7, 11) is 0. The first kappa shape index (κ1) is 17.5. The molecule has 0 spiro atoms. The van der Waals surface area contributed by atoms with Crippen LogP contribution in [0.5, 0.6) is 11.6 Å². The zero-order valence-electron chi connectivity index (χ0n) is 15.7. The summed E-state index contributed by atoms with van der Waals surface area (Å²) >= 11 is 0. The first-order valence-corrected chi connectivity index (χ1v) is 9.27. The largest absolute Gasteiger partial charge is 0.436 e. The fraction of sp³-hybridized carbons (Fsp3) is 0.333. The molecule has 0 aromatic carbocycles. The maximum Gasteiger partial charge on any atom is 0.238 e. The van der Waals surface area contributed by atoms with Crippen molar-refractivity contribution in [3.05, 3.63) is 71.7 Å². The van der Waals surface area contributed by atoms with Gasteiger partial charge in [0.15, 0.2) is 5.75 Å². The van der Waals surface area contributed by atoms with E-state index in [0.29, 0.717) is 11.6 Å². The molecule has 6 heteroatoms. The third-order valence-electron chi connectivity index (χ3n) is 4.82. The molecule has 3 aromatic heterocycles. The van der Waals surface area contributed by atoms with Crippen molar-refractivity contribution in [2.75, 3.05) is 6.54 Å². The summed E-state index contributed by atoms with van der Waals surface area (Å²) in [5.74, 6) is 1.21. The highest BCUT2D eigenvalue weighted by Crippen LogP contribution is 2.33. The van der Waals surface area contributed by atoms with Crippen LogP contribution in [0.4, 0.5) is 0 Å². The van der Waals surface area contributed by atoms with Gasteiger partial charge in [0.25, 0.3) is 0 Å². The molecule has 4 rings (SSSR count). The Hall–Kier alpha value is -2.86. The van der Waals surface area contributed by atoms with Crippen molar-refractivity contribution in [3.8, 4) is 11.6 Å². The van der Waals surface area contributed by atoms with Gasteiger partial charge in [-0.2, -0.15) is 0 Å². The average molecular weight is 361 g/mol. The summed E-state index contributed by atoms with van der Waals surface area (Å²) in [5.41, 5.74) is 3.91. The van der Waals surface area contributed by atoms with Crippen LogP contribution in [-0.4, -0.2) is 31.4 Å². The Morgan fingerprint density at radius 2 is 2.04 bits per heavy atom. The minimum absolute atomic E-state index is 0.235. The average Bonchev–Trinajstić information content (AvgIpc) is 3.12. The Balaban J connectivity index is 1.53. The molecule has 0 radical (unpaired) electrons. The molecule has 1 fully saturated rings. The molecule has 138 valence electrons. The molecule has 3 aromatic rings. The summed E-state index contributed by atoms with van der Waals surface area (Å²) in [5, 5.41) is 0. The van der Waals surface area contributed by atoms with Gasteiger partial charge in [0, 0.05) is 18.4 Å². The lowest BCUT2D eigenvalue weighted by atomic mass is 10.1. The minimum Gasteiger partial charge on any atom is -0.436 e. The molecule has 0 amide bonds. The molecule has 0 unspecified atom stereocenters. The van der Waals surface area contributed by atoms with Crippen LogP contribution in [-0.2, 0) is 6.54 Å². The van der Waals surface area contributed by atoms with E-state index in [0.717, 1.165) is 48.7 Å². The molecule has 27 heavy (non-hydrogen) atoms. The van der Waals surface area contributed by atoms with E-state index in [-0.39, 0.29) is 6.04 Å². The van der Waals surface area contributed by atoms with Gasteiger partial charge in [-0.15, -0.1) is 0 Å². The van der Waals surface area contributed by atoms with E-state index in [1.54, 1.807) is 12.4 Å². The number of rotatable bonds is 5. The lowest BCUT2D eigenvalue weighted by Crippen LogP contribution is -2.24. The first-order valence-electron chi connectivity index (χ1n) is 9.27. The summed E-state index contributed by atoms with van der Waals surface area (Å²) in [4.78, 5) is 20.4. The molecule has 1 aliphatic rings. The highest BCUT2D eigenvalue weighted by atomic mass is 16.5. The van der Waals surface area contributed by atoms with Gasteiger partial charge in [0.1, 0.15) is 0 Å². The standard InChI is InChI=1S/C21H23N5O/c1-15-6-3-7-17(24-15)14-26-11-5-8-19(26)18-12-22-13-21(25-18)27-20-9-4-10-23-16(20)2/h3-4,6-7,9-10,12-13,19H,5,8,11,14H2,1-2H3/t19-/m1/s1. The molecular weight excluding hydrogens is 338 g/mol. The second-order valence-corrected chi connectivity index (χ2v) is 6.87. The molecule has 6 nitrogen and oxygen atoms in total. The van der Waals surface area contributed by atoms with E-state index in [2.05, 4.69) is 32.0 Å². The summed E-state index contributed by atoms with van der Waals surface area (Å²) < 4.78 is 5.91. The number of pyridine rings is 2. The lowest BCUT2D eigenvalue weighted by Gasteiger charge is -2.23. The summed E-state index contributed by atoms with van der Waals surface area (Å²) in [6, 6.07) is 10.2. The molecule has 1 saturated heterocycles. The monoisotopic (exact) mass is 361 g/mol. The molecule has 0 N–H and O–H groups in total. The van der Waals surface area contributed by atoms with Crippen molar-refractivity contribution in [2.24, 2.45) is 0 Å². The summed E-state index contributed by atoms with van der Waals surface area (Å²) in [6.45, 7) is 5.80. The molecular formula is C21H23N5O. The lowest BCUT2D eigenvalue weighted by molar-refractivity contribution is 0.240. The molecule has 0 saturated carbocycles. The predicted octanol–water partition coefficient (Wildman–Crippen LogP) is 4.01. The third-order valence-corrected chi connectivity index (χ3v) is 4.82. The third kappa shape index (κ3) is 4.11. The zero-order chi connectivity index (χ0) is 18.6. The van der Waals surface area contributed by atoms with Crippen LogP contribution in [0, 0.1) is 13.8 Å². The smallest absolute Gasteiger partial charge is 0.238 e. The fourth-order valence-corrected chi connectivity index (χ4v) is 3.51. The van der Waals surface area contributed by atoms with Gasteiger partial charge in [-0.1, -0.05) is 6.07 Å². The topological polar surface area (TPSA) is 64.0 Å². The molecule has 4 heterocycles. The van der Waals surface area contributed by atoms with E-state index in [1.807, 2.05) is 38.2 Å². The number of nitrogens with zero attached hydrogens (tertiary/aromatic N) is 5. The molecule has 1 aliphatic heterocycles. The van der Waals surface area contributed by atoms with Crippen LogP contribution in [0.3, 0.4) is 0 Å². The van der Waals surface area contributed by atoms with E-state index >= 15 is 0 Å². The SMILES string of the molecule is Cc1cccc(CN2CCC[C@@H]2c2cncc(Oc3cccnc3C)n2)n1. The van der Waals surface area contributed by atoms with Crippen molar-refractivity contribution in [1.82, 2.24) is 24.8 Å². The number of hydrogen-bond acceptors (Lipinski definition) is 6. The minimum atomic E-state index is 0.235. The van der Waals surface area contributed by atoms with E-state index in [1.165, 1.54) is 0 Å². The van der Waals surface area contributed by atoms with E-state index in [4.69, 9.17) is 9.72 Å². The van der Waals surface area contributed by atoms with Crippen LogP contribution in [0.1, 0.15) is 41.7 Å². The number of ether oxygens (including phenoxy) is 1. The molecule has 0 aliphatic carbocycles. The Morgan fingerprint density at radius 3 is 2.89 bits per heavy atom. The highest BCUT2D eigenvalue weighted by Gasteiger charge is 2.28. The normalized spacial score (nSPS) is 17.2. The maximum atomic E-state index is 5.91. The predicted molar refractivity (Wildman–Crippen MR) is 102 cm³/mol. The number of aromatic nitrogens is 4. The van der Waals surface area contributed by atoms with Crippen LogP contribution < -0.4 is 4.74 Å². The number of likely N-dealkylation sites (tertiary alicyclic amines) is 1. The van der Waals surface area contributed by atoms with Gasteiger partial charge in [-0.05, 0) is 57.5 Å². The first-order chi connectivity index (χ1) is 13.2. The molecule has 0 bridgehead atoms. The van der Waals surface area contributed by atoms with Gasteiger partial charge in [-0.3, -0.25) is 19.9 Å². The quantitative estimate of drug-likeness (QED) is 0.684. The Labute approximate surface area is 159 Å². The maximum absolute atomic E-state index is 5.91. The van der Waals surface area contributed by atoms with Gasteiger partial charge in [0.05, 0.1) is 35.5 Å². The number of hydrogen-bond donors (Lipinski definition) is 0. The van der Waals surface area contributed by atoms with Crippen LogP contribution >= 0.6 is 0 Å². The van der Waals surface area contributed by atoms with E-state index in [9.17, 15) is 0 Å². The van der Waals surface area contributed by atoms with Crippen molar-refractivity contribution in [3.63, 3.8) is 0 Å². The van der Waals surface area contributed by atoms with Crippen molar-refractivity contribution in [2.45, 2.75) is 39.3 Å². The Morgan fingerprint density at radius 1 is 1.11 bits per heavy atom.